The van der Waals surface area contributed by atoms with Crippen molar-refractivity contribution in [3.8, 4) is 0 Å². The molecule has 1 fully saturated rings. The van der Waals surface area contributed by atoms with E-state index in [1.54, 1.807) is 0 Å². The van der Waals surface area contributed by atoms with Crippen molar-refractivity contribution in [1.29, 1.82) is 0 Å². The molecule has 0 aromatic heterocycles. The van der Waals surface area contributed by atoms with Gasteiger partial charge in [0, 0.05) is 6.54 Å². The standard InChI is InChI=1S/C13H19N/c14-10-13-7-3-6-12(9-13)8-11-4-1-2-5-11/h3,6-7,9,11H,1-2,4-5,8,10,14H2. The quantitative estimate of drug-likeness (QED) is 0.777. The van der Waals surface area contributed by atoms with E-state index in [-0.39, 0.29) is 0 Å². The molecule has 0 aliphatic heterocycles. The number of rotatable bonds is 3. The van der Waals surface area contributed by atoms with Crippen LogP contribution < -0.4 is 5.73 Å². The van der Waals surface area contributed by atoms with Gasteiger partial charge in [0.25, 0.3) is 0 Å². The SMILES string of the molecule is NCc1cccc(CC2CCCC2)c1. The smallest absolute Gasteiger partial charge is 0.0178 e. The summed E-state index contributed by atoms with van der Waals surface area (Å²) in [5.41, 5.74) is 8.36. The van der Waals surface area contributed by atoms with E-state index in [4.69, 9.17) is 5.73 Å². The van der Waals surface area contributed by atoms with E-state index < -0.39 is 0 Å². The largest absolute Gasteiger partial charge is 0.326 e. The monoisotopic (exact) mass is 189 g/mol. The van der Waals surface area contributed by atoms with Crippen LogP contribution in [0.2, 0.25) is 0 Å². The molecule has 2 N–H and O–H groups in total. The second kappa shape index (κ2) is 4.61. The molecule has 2 rings (SSSR count). The summed E-state index contributed by atoms with van der Waals surface area (Å²) in [6, 6.07) is 8.74. The fourth-order valence-corrected chi connectivity index (χ4v) is 2.43. The van der Waals surface area contributed by atoms with Gasteiger partial charge in [0.2, 0.25) is 0 Å². The number of hydrogen-bond donors (Lipinski definition) is 1. The number of benzene rings is 1. The average Bonchev–Trinajstić information content (AvgIpc) is 2.71. The summed E-state index contributed by atoms with van der Waals surface area (Å²) in [6.07, 6.45) is 6.97. The summed E-state index contributed by atoms with van der Waals surface area (Å²) < 4.78 is 0. The maximum atomic E-state index is 5.63. The third-order valence-corrected chi connectivity index (χ3v) is 3.23. The van der Waals surface area contributed by atoms with Gasteiger partial charge in [-0.3, -0.25) is 0 Å². The third kappa shape index (κ3) is 2.36. The highest BCUT2D eigenvalue weighted by Crippen LogP contribution is 2.28. The van der Waals surface area contributed by atoms with Gasteiger partial charge in [-0.2, -0.15) is 0 Å². The van der Waals surface area contributed by atoms with E-state index >= 15 is 0 Å². The molecule has 0 heterocycles. The van der Waals surface area contributed by atoms with Crippen LogP contribution in [0.4, 0.5) is 0 Å². The molecule has 1 aliphatic rings. The zero-order valence-corrected chi connectivity index (χ0v) is 8.71. The summed E-state index contributed by atoms with van der Waals surface area (Å²) in [7, 11) is 0. The molecule has 1 heteroatoms. The van der Waals surface area contributed by atoms with Crippen molar-refractivity contribution in [2.75, 3.05) is 0 Å². The Labute approximate surface area is 86.3 Å². The lowest BCUT2D eigenvalue weighted by molar-refractivity contribution is 0.546. The van der Waals surface area contributed by atoms with Crippen LogP contribution in [0.1, 0.15) is 36.8 Å². The molecular weight excluding hydrogens is 170 g/mol. The Bertz CT molecular complexity index is 287. The lowest BCUT2D eigenvalue weighted by atomic mass is 9.97. The molecule has 1 saturated carbocycles. The van der Waals surface area contributed by atoms with Crippen LogP contribution in [0, 0.1) is 5.92 Å². The number of nitrogens with two attached hydrogens (primary N) is 1. The summed E-state index contributed by atoms with van der Waals surface area (Å²) in [4.78, 5) is 0. The molecule has 14 heavy (non-hydrogen) atoms. The molecule has 0 amide bonds. The van der Waals surface area contributed by atoms with Crippen LogP contribution in [0.15, 0.2) is 24.3 Å². The van der Waals surface area contributed by atoms with E-state index in [1.165, 1.54) is 43.2 Å². The first-order valence-corrected chi connectivity index (χ1v) is 5.66. The third-order valence-electron chi connectivity index (χ3n) is 3.23. The molecule has 1 aliphatic carbocycles. The van der Waals surface area contributed by atoms with Crippen LogP contribution in [0.25, 0.3) is 0 Å². The fraction of sp³-hybridized carbons (Fsp3) is 0.538. The second-order valence-corrected chi connectivity index (χ2v) is 4.38. The topological polar surface area (TPSA) is 26.0 Å². The van der Waals surface area contributed by atoms with Gasteiger partial charge in [-0.05, 0) is 23.5 Å². The molecule has 0 bridgehead atoms. The highest BCUT2D eigenvalue weighted by atomic mass is 14.5. The highest BCUT2D eigenvalue weighted by Gasteiger charge is 2.15. The van der Waals surface area contributed by atoms with E-state index in [9.17, 15) is 0 Å². The molecule has 1 aromatic carbocycles. The molecular formula is C13H19N. The Morgan fingerprint density at radius 3 is 2.57 bits per heavy atom. The molecule has 1 nitrogen and oxygen atoms in total. The minimum Gasteiger partial charge on any atom is -0.326 e. The minimum absolute atomic E-state index is 0.665. The van der Waals surface area contributed by atoms with Crippen molar-refractivity contribution in [1.82, 2.24) is 0 Å². The maximum Gasteiger partial charge on any atom is 0.0178 e. The van der Waals surface area contributed by atoms with Crippen LogP contribution in [-0.4, -0.2) is 0 Å². The molecule has 0 radical (unpaired) electrons. The normalized spacial score (nSPS) is 17.5. The summed E-state index contributed by atoms with van der Waals surface area (Å²) in [5, 5.41) is 0. The Morgan fingerprint density at radius 2 is 1.86 bits per heavy atom. The Balaban J connectivity index is 2.00. The average molecular weight is 189 g/mol. The molecule has 0 unspecified atom stereocenters. The summed E-state index contributed by atoms with van der Waals surface area (Å²) in [6.45, 7) is 0.665. The van der Waals surface area contributed by atoms with Crippen molar-refractivity contribution in [2.45, 2.75) is 38.6 Å². The highest BCUT2D eigenvalue weighted by molar-refractivity contribution is 5.23. The molecule has 0 spiro atoms. The van der Waals surface area contributed by atoms with E-state index in [1.807, 2.05) is 0 Å². The zero-order valence-electron chi connectivity index (χ0n) is 8.71. The van der Waals surface area contributed by atoms with Gasteiger partial charge in [0.15, 0.2) is 0 Å². The van der Waals surface area contributed by atoms with Gasteiger partial charge in [-0.1, -0.05) is 49.9 Å². The van der Waals surface area contributed by atoms with E-state index in [2.05, 4.69) is 24.3 Å². The second-order valence-electron chi connectivity index (χ2n) is 4.38. The lowest BCUT2D eigenvalue weighted by Gasteiger charge is -2.09. The van der Waals surface area contributed by atoms with Gasteiger partial charge in [-0.25, -0.2) is 0 Å². The van der Waals surface area contributed by atoms with E-state index in [0.717, 1.165) is 5.92 Å². The summed E-state index contributed by atoms with van der Waals surface area (Å²) >= 11 is 0. The predicted octanol–water partition coefficient (Wildman–Crippen LogP) is 2.88. The van der Waals surface area contributed by atoms with Gasteiger partial charge < -0.3 is 5.73 Å². The Morgan fingerprint density at radius 1 is 1.14 bits per heavy atom. The Kier molecular flexibility index (Phi) is 3.20. The first-order chi connectivity index (χ1) is 6.88. The van der Waals surface area contributed by atoms with Gasteiger partial charge in [0.1, 0.15) is 0 Å². The number of hydrogen-bond acceptors (Lipinski definition) is 1. The van der Waals surface area contributed by atoms with Gasteiger partial charge >= 0.3 is 0 Å². The maximum absolute atomic E-state index is 5.63. The first kappa shape index (κ1) is 9.72. The van der Waals surface area contributed by atoms with Crippen LogP contribution >= 0.6 is 0 Å². The Hall–Kier alpha value is -0.820. The minimum atomic E-state index is 0.665. The molecule has 0 saturated heterocycles. The van der Waals surface area contributed by atoms with E-state index in [0.29, 0.717) is 6.54 Å². The van der Waals surface area contributed by atoms with Crippen LogP contribution in [0.3, 0.4) is 0 Å². The molecule has 76 valence electrons. The van der Waals surface area contributed by atoms with Crippen molar-refractivity contribution in [2.24, 2.45) is 11.7 Å². The van der Waals surface area contributed by atoms with Crippen LogP contribution in [0.5, 0.6) is 0 Å². The van der Waals surface area contributed by atoms with Crippen molar-refractivity contribution in [3.63, 3.8) is 0 Å². The van der Waals surface area contributed by atoms with Crippen LogP contribution in [-0.2, 0) is 13.0 Å². The van der Waals surface area contributed by atoms with Crippen molar-refractivity contribution in [3.05, 3.63) is 35.4 Å². The van der Waals surface area contributed by atoms with Crippen molar-refractivity contribution >= 4 is 0 Å². The zero-order chi connectivity index (χ0) is 9.80. The summed E-state index contributed by atoms with van der Waals surface area (Å²) in [5.74, 6) is 0.933. The molecule has 1 aromatic rings. The lowest BCUT2D eigenvalue weighted by Crippen LogP contribution is -2.01. The molecule has 0 atom stereocenters. The first-order valence-electron chi connectivity index (χ1n) is 5.66. The van der Waals surface area contributed by atoms with Crippen molar-refractivity contribution < 1.29 is 0 Å². The fourth-order valence-electron chi connectivity index (χ4n) is 2.43. The predicted molar refractivity (Wildman–Crippen MR) is 60.0 cm³/mol. The van der Waals surface area contributed by atoms with Gasteiger partial charge in [0.05, 0.1) is 0 Å². The van der Waals surface area contributed by atoms with Gasteiger partial charge in [-0.15, -0.1) is 0 Å².